The van der Waals surface area contributed by atoms with Gasteiger partial charge in [-0.2, -0.15) is 0 Å². The summed E-state index contributed by atoms with van der Waals surface area (Å²) in [5, 5.41) is 0. The molecule has 0 fully saturated rings. The Kier molecular flexibility index (Phi) is 4.68. The van der Waals surface area contributed by atoms with Crippen LogP contribution in [0.3, 0.4) is 0 Å². The molecule has 1 radical (unpaired) electrons. The summed E-state index contributed by atoms with van der Waals surface area (Å²) in [4.78, 5) is 12.7. The van der Waals surface area contributed by atoms with Gasteiger partial charge in [0.25, 0.3) is 0 Å². The molecule has 3 heteroatoms. The minimum absolute atomic E-state index is 0.408. The van der Waals surface area contributed by atoms with Crippen molar-refractivity contribution in [3.8, 4) is 0 Å². The Labute approximate surface area is 90.7 Å². The third-order valence-corrected chi connectivity index (χ3v) is 2.01. The van der Waals surface area contributed by atoms with Crippen LogP contribution in [0.25, 0.3) is 0 Å². The largest absolute Gasteiger partial charge is 0.449 e. The second-order valence-corrected chi connectivity index (χ2v) is 3.23. The predicted octanol–water partition coefficient (Wildman–Crippen LogP) is 3.22. The minimum atomic E-state index is -0.408. The first-order valence-electron chi connectivity index (χ1n) is 5.08. The van der Waals surface area contributed by atoms with E-state index in [4.69, 9.17) is 4.74 Å². The second-order valence-electron chi connectivity index (χ2n) is 3.23. The number of ether oxygens (including phenoxy) is 1. The molecule has 0 saturated heterocycles. The lowest BCUT2D eigenvalue weighted by Gasteiger charge is -2.16. The molecular formula is C12H16NO2. The molecule has 1 amide bonds. The van der Waals surface area contributed by atoms with E-state index in [1.807, 2.05) is 37.3 Å². The fourth-order valence-electron chi connectivity index (χ4n) is 1.10. The summed E-state index contributed by atoms with van der Waals surface area (Å²) in [6.45, 7) is 2.50. The molecule has 15 heavy (non-hydrogen) atoms. The lowest BCUT2D eigenvalue weighted by molar-refractivity contribution is 0.154. The molecule has 0 aliphatic rings. The maximum atomic E-state index is 11.5. The number of para-hydroxylation sites is 1. The van der Waals surface area contributed by atoms with Crippen molar-refractivity contribution < 1.29 is 9.53 Å². The van der Waals surface area contributed by atoms with Crippen LogP contribution >= 0.6 is 0 Å². The summed E-state index contributed by atoms with van der Waals surface area (Å²) >= 11 is 0. The van der Waals surface area contributed by atoms with E-state index in [-0.39, 0.29) is 0 Å². The average Bonchev–Trinajstić information content (AvgIpc) is 2.29. The molecular weight excluding hydrogens is 190 g/mol. The van der Waals surface area contributed by atoms with Crippen molar-refractivity contribution in [1.82, 2.24) is 0 Å². The van der Waals surface area contributed by atoms with E-state index in [0.717, 1.165) is 18.5 Å². The number of carbonyl (C=O) groups excluding carboxylic acids is 1. The number of rotatable bonds is 4. The van der Waals surface area contributed by atoms with Gasteiger partial charge in [0.05, 0.1) is 6.61 Å². The van der Waals surface area contributed by atoms with Crippen molar-refractivity contribution >= 4 is 11.8 Å². The van der Waals surface area contributed by atoms with Crippen LogP contribution < -0.4 is 4.90 Å². The van der Waals surface area contributed by atoms with Gasteiger partial charge in [-0.05, 0) is 18.6 Å². The topological polar surface area (TPSA) is 29.5 Å². The molecule has 0 spiro atoms. The second kappa shape index (κ2) is 6.06. The van der Waals surface area contributed by atoms with Gasteiger partial charge in [0.1, 0.15) is 0 Å². The van der Waals surface area contributed by atoms with Crippen molar-refractivity contribution in [3.05, 3.63) is 37.4 Å². The Morgan fingerprint density at radius 1 is 1.40 bits per heavy atom. The number of unbranched alkanes of at least 4 members (excludes halogenated alkanes) is 1. The number of anilines is 1. The number of nitrogens with zero attached hydrogens (tertiary/aromatic N) is 1. The maximum absolute atomic E-state index is 11.5. The first-order chi connectivity index (χ1) is 7.25. The van der Waals surface area contributed by atoms with Gasteiger partial charge in [0.15, 0.2) is 0 Å². The Hall–Kier alpha value is -1.51. The lowest BCUT2D eigenvalue weighted by Crippen LogP contribution is -2.25. The monoisotopic (exact) mass is 206 g/mol. The Balaban J connectivity index is 2.46. The first kappa shape index (κ1) is 11.6. The molecule has 1 rings (SSSR count). The van der Waals surface area contributed by atoms with Crippen molar-refractivity contribution in [2.45, 2.75) is 19.8 Å². The zero-order valence-electron chi connectivity index (χ0n) is 8.98. The van der Waals surface area contributed by atoms with Crippen LogP contribution in [0.4, 0.5) is 10.5 Å². The quantitative estimate of drug-likeness (QED) is 0.708. The fraction of sp³-hybridized carbons (Fsp3) is 0.333. The Bertz CT molecular complexity index is 298. The molecule has 0 aliphatic carbocycles. The number of benzene rings is 1. The lowest BCUT2D eigenvalue weighted by atomic mass is 10.3. The van der Waals surface area contributed by atoms with Gasteiger partial charge in [0, 0.05) is 12.7 Å². The minimum Gasteiger partial charge on any atom is -0.449 e. The molecule has 81 valence electrons. The van der Waals surface area contributed by atoms with Gasteiger partial charge in [-0.25, -0.2) is 4.79 Å². The average molecular weight is 206 g/mol. The number of amides is 1. The summed E-state index contributed by atoms with van der Waals surface area (Å²) in [6, 6.07) is 9.22. The van der Waals surface area contributed by atoms with E-state index >= 15 is 0 Å². The van der Waals surface area contributed by atoms with Gasteiger partial charge in [-0.3, -0.25) is 4.90 Å². The molecule has 0 saturated carbocycles. The Morgan fingerprint density at radius 2 is 2.07 bits per heavy atom. The van der Waals surface area contributed by atoms with Gasteiger partial charge in [-0.15, -0.1) is 0 Å². The molecule has 0 N–H and O–H groups in total. The highest BCUT2D eigenvalue weighted by atomic mass is 16.6. The summed E-state index contributed by atoms with van der Waals surface area (Å²) in [6.07, 6.45) is 1.49. The predicted molar refractivity (Wildman–Crippen MR) is 60.5 cm³/mol. The molecule has 0 aliphatic heterocycles. The smallest absolute Gasteiger partial charge is 0.414 e. The number of carbonyl (C=O) groups is 1. The van der Waals surface area contributed by atoms with E-state index in [0.29, 0.717) is 6.61 Å². The zero-order chi connectivity index (χ0) is 11.1. The summed E-state index contributed by atoms with van der Waals surface area (Å²) in [5.41, 5.74) is 0.735. The van der Waals surface area contributed by atoms with Gasteiger partial charge in [-0.1, -0.05) is 31.5 Å². The van der Waals surface area contributed by atoms with Crippen LogP contribution in [0.15, 0.2) is 30.3 Å². The third-order valence-electron chi connectivity index (χ3n) is 2.01. The third kappa shape index (κ3) is 3.62. The standard InChI is InChI=1S/C12H16NO2/c1-3-4-10-15-12(14)13(2)11-8-6-5-7-9-11/h5-9H,2-4,10H2,1H3. The number of hydrogen-bond donors (Lipinski definition) is 0. The van der Waals surface area contributed by atoms with Crippen LogP contribution in [-0.2, 0) is 4.74 Å². The molecule has 0 unspecified atom stereocenters. The van der Waals surface area contributed by atoms with Gasteiger partial charge < -0.3 is 4.74 Å². The van der Waals surface area contributed by atoms with Crippen molar-refractivity contribution in [2.24, 2.45) is 0 Å². The summed E-state index contributed by atoms with van der Waals surface area (Å²) in [5.74, 6) is 0. The molecule has 0 bridgehead atoms. The Morgan fingerprint density at radius 3 is 2.67 bits per heavy atom. The first-order valence-corrected chi connectivity index (χ1v) is 5.08. The maximum Gasteiger partial charge on any atom is 0.414 e. The van der Waals surface area contributed by atoms with Gasteiger partial charge in [0.2, 0.25) is 0 Å². The van der Waals surface area contributed by atoms with Gasteiger partial charge >= 0.3 is 6.09 Å². The highest BCUT2D eigenvalue weighted by Crippen LogP contribution is 2.12. The molecule has 1 aromatic rings. The van der Waals surface area contributed by atoms with E-state index in [1.54, 1.807) is 0 Å². The SMILES string of the molecule is [CH2]N(C(=O)OCCCC)c1ccccc1. The van der Waals surface area contributed by atoms with Crippen molar-refractivity contribution in [3.63, 3.8) is 0 Å². The van der Waals surface area contributed by atoms with Crippen molar-refractivity contribution in [1.29, 1.82) is 0 Å². The van der Waals surface area contributed by atoms with Crippen LogP contribution in [0, 0.1) is 7.05 Å². The van der Waals surface area contributed by atoms with Crippen LogP contribution in [0.1, 0.15) is 19.8 Å². The fourth-order valence-corrected chi connectivity index (χ4v) is 1.10. The molecule has 1 aromatic carbocycles. The van der Waals surface area contributed by atoms with E-state index < -0.39 is 6.09 Å². The van der Waals surface area contributed by atoms with Crippen LogP contribution in [0.5, 0.6) is 0 Å². The summed E-state index contributed by atoms with van der Waals surface area (Å²) < 4.78 is 5.02. The van der Waals surface area contributed by atoms with E-state index in [2.05, 4.69) is 7.05 Å². The molecule has 0 aromatic heterocycles. The van der Waals surface area contributed by atoms with Crippen LogP contribution in [0.2, 0.25) is 0 Å². The molecule has 3 nitrogen and oxygen atoms in total. The molecule has 0 heterocycles. The highest BCUT2D eigenvalue weighted by Gasteiger charge is 2.10. The van der Waals surface area contributed by atoms with E-state index in [1.165, 1.54) is 4.90 Å². The highest BCUT2D eigenvalue weighted by molar-refractivity contribution is 5.87. The number of hydrogen-bond acceptors (Lipinski definition) is 2. The van der Waals surface area contributed by atoms with Crippen LogP contribution in [-0.4, -0.2) is 12.7 Å². The normalized spacial score (nSPS) is 9.73. The van der Waals surface area contributed by atoms with E-state index in [9.17, 15) is 4.79 Å². The summed E-state index contributed by atoms with van der Waals surface area (Å²) in [7, 11) is 3.65. The zero-order valence-corrected chi connectivity index (χ0v) is 8.98. The van der Waals surface area contributed by atoms with Crippen molar-refractivity contribution in [2.75, 3.05) is 11.5 Å². The molecule has 0 atom stereocenters.